The summed E-state index contributed by atoms with van der Waals surface area (Å²) in [5, 5.41) is 0. The Balaban J connectivity index is 2.10. The Kier molecular flexibility index (Phi) is 3.48. The van der Waals surface area contributed by atoms with Crippen LogP contribution in [0.2, 0.25) is 0 Å². The van der Waals surface area contributed by atoms with E-state index in [1.807, 2.05) is 17.9 Å². The monoisotopic (exact) mass is 250 g/mol. The molecule has 0 bridgehead atoms. The second-order valence-electron chi connectivity index (χ2n) is 5.73. The van der Waals surface area contributed by atoms with Gasteiger partial charge in [-0.2, -0.15) is 0 Å². The molecule has 100 valence electrons. The lowest BCUT2D eigenvalue weighted by molar-refractivity contribution is 0.0502. The molecule has 0 aliphatic carbocycles. The van der Waals surface area contributed by atoms with Crippen LogP contribution in [0.3, 0.4) is 0 Å². The standard InChI is InChI=1S/C14H22N2O2/c1-4-10-5-6-11(18-10)13(17)16-8-7-12(15)14(2,3)9-16/h5-6,12H,4,7-9,15H2,1-3H3. The van der Waals surface area contributed by atoms with Crippen molar-refractivity contribution < 1.29 is 9.21 Å². The summed E-state index contributed by atoms with van der Waals surface area (Å²) in [6.07, 6.45) is 1.66. The SMILES string of the molecule is CCc1ccc(C(=O)N2CCC(N)C(C)(C)C2)o1. The van der Waals surface area contributed by atoms with Gasteiger partial charge >= 0.3 is 0 Å². The highest BCUT2D eigenvalue weighted by Gasteiger charge is 2.36. The molecule has 0 saturated carbocycles. The Morgan fingerprint density at radius 1 is 1.56 bits per heavy atom. The number of carbonyl (C=O) groups excluding carboxylic acids is 1. The Morgan fingerprint density at radius 3 is 2.83 bits per heavy atom. The van der Waals surface area contributed by atoms with Crippen molar-refractivity contribution in [2.75, 3.05) is 13.1 Å². The molecule has 1 unspecified atom stereocenters. The average Bonchev–Trinajstić information content (AvgIpc) is 2.80. The van der Waals surface area contributed by atoms with Crippen LogP contribution >= 0.6 is 0 Å². The van der Waals surface area contributed by atoms with E-state index in [2.05, 4.69) is 13.8 Å². The molecule has 0 spiro atoms. The Bertz CT molecular complexity index is 437. The molecule has 1 aliphatic rings. The van der Waals surface area contributed by atoms with Gasteiger partial charge in [-0.05, 0) is 24.0 Å². The molecule has 1 amide bonds. The van der Waals surface area contributed by atoms with Gasteiger partial charge in [0.15, 0.2) is 5.76 Å². The molecule has 1 aliphatic heterocycles. The summed E-state index contributed by atoms with van der Waals surface area (Å²) in [5.74, 6) is 1.28. The number of likely N-dealkylation sites (tertiary alicyclic amines) is 1. The number of rotatable bonds is 2. The predicted molar refractivity (Wildman–Crippen MR) is 70.4 cm³/mol. The van der Waals surface area contributed by atoms with Crippen LogP contribution in [0, 0.1) is 5.41 Å². The van der Waals surface area contributed by atoms with Crippen LogP contribution in [0.1, 0.15) is 43.5 Å². The molecule has 2 N–H and O–H groups in total. The number of furan rings is 1. The zero-order valence-electron chi connectivity index (χ0n) is 11.4. The van der Waals surface area contributed by atoms with Gasteiger partial charge in [-0.1, -0.05) is 20.8 Å². The van der Waals surface area contributed by atoms with Gasteiger partial charge in [0.1, 0.15) is 5.76 Å². The summed E-state index contributed by atoms with van der Waals surface area (Å²) in [6.45, 7) is 7.63. The predicted octanol–water partition coefficient (Wildman–Crippen LogP) is 2.04. The van der Waals surface area contributed by atoms with E-state index in [0.29, 0.717) is 18.8 Å². The van der Waals surface area contributed by atoms with E-state index in [-0.39, 0.29) is 17.4 Å². The second-order valence-corrected chi connectivity index (χ2v) is 5.73. The fourth-order valence-electron chi connectivity index (χ4n) is 2.39. The van der Waals surface area contributed by atoms with E-state index < -0.39 is 0 Å². The number of nitrogens with zero attached hydrogens (tertiary/aromatic N) is 1. The molecular weight excluding hydrogens is 228 g/mol. The largest absolute Gasteiger partial charge is 0.456 e. The Hall–Kier alpha value is -1.29. The summed E-state index contributed by atoms with van der Waals surface area (Å²) in [4.78, 5) is 14.2. The maximum atomic E-state index is 12.3. The van der Waals surface area contributed by atoms with Gasteiger partial charge in [-0.3, -0.25) is 4.79 Å². The van der Waals surface area contributed by atoms with Gasteiger partial charge in [0, 0.05) is 25.6 Å². The maximum absolute atomic E-state index is 12.3. The summed E-state index contributed by atoms with van der Waals surface area (Å²) in [7, 11) is 0. The molecule has 2 rings (SSSR count). The Morgan fingerprint density at radius 2 is 2.28 bits per heavy atom. The summed E-state index contributed by atoms with van der Waals surface area (Å²) in [5.41, 5.74) is 6.04. The van der Waals surface area contributed by atoms with Crippen molar-refractivity contribution >= 4 is 5.91 Å². The molecule has 1 aromatic heterocycles. The van der Waals surface area contributed by atoms with Crippen LogP contribution in [0.5, 0.6) is 0 Å². The first kappa shape index (κ1) is 13.1. The molecule has 4 heteroatoms. The second kappa shape index (κ2) is 4.76. The quantitative estimate of drug-likeness (QED) is 0.873. The van der Waals surface area contributed by atoms with Gasteiger partial charge in [-0.15, -0.1) is 0 Å². The molecule has 4 nitrogen and oxygen atoms in total. The van der Waals surface area contributed by atoms with Gasteiger partial charge in [0.05, 0.1) is 0 Å². The average molecular weight is 250 g/mol. The van der Waals surface area contributed by atoms with Crippen LogP contribution in [-0.4, -0.2) is 29.9 Å². The first-order chi connectivity index (χ1) is 8.44. The van der Waals surface area contributed by atoms with E-state index in [1.165, 1.54) is 0 Å². The fourth-order valence-corrected chi connectivity index (χ4v) is 2.39. The molecular formula is C14H22N2O2. The van der Waals surface area contributed by atoms with Crippen LogP contribution in [0.25, 0.3) is 0 Å². The minimum Gasteiger partial charge on any atom is -0.456 e. The van der Waals surface area contributed by atoms with E-state index in [9.17, 15) is 4.79 Å². The van der Waals surface area contributed by atoms with Gasteiger partial charge < -0.3 is 15.1 Å². The van der Waals surface area contributed by atoms with Crippen LogP contribution in [-0.2, 0) is 6.42 Å². The highest BCUT2D eigenvalue weighted by molar-refractivity contribution is 5.91. The van der Waals surface area contributed by atoms with Crippen LogP contribution < -0.4 is 5.73 Å². The lowest BCUT2D eigenvalue weighted by Gasteiger charge is -2.42. The molecule has 18 heavy (non-hydrogen) atoms. The summed E-state index contributed by atoms with van der Waals surface area (Å²) in [6, 6.07) is 3.79. The molecule has 0 aromatic carbocycles. The van der Waals surface area contributed by atoms with Gasteiger partial charge in [-0.25, -0.2) is 0 Å². The molecule has 1 atom stereocenters. The number of nitrogens with two attached hydrogens (primary N) is 1. The third-order valence-electron chi connectivity index (χ3n) is 3.82. The Labute approximate surface area is 108 Å². The van der Waals surface area contributed by atoms with Crippen molar-refractivity contribution in [1.29, 1.82) is 0 Å². The molecule has 1 aromatic rings. The first-order valence-corrected chi connectivity index (χ1v) is 6.57. The number of piperidine rings is 1. The zero-order valence-corrected chi connectivity index (χ0v) is 11.4. The number of hydrogen-bond donors (Lipinski definition) is 1. The maximum Gasteiger partial charge on any atom is 0.289 e. The lowest BCUT2D eigenvalue weighted by Crippen LogP contribution is -2.53. The summed E-state index contributed by atoms with van der Waals surface area (Å²) >= 11 is 0. The minimum absolute atomic E-state index is 0.0188. The van der Waals surface area contributed by atoms with Crippen molar-refractivity contribution in [2.24, 2.45) is 11.1 Å². The van der Waals surface area contributed by atoms with E-state index in [4.69, 9.17) is 10.2 Å². The van der Waals surface area contributed by atoms with Crippen molar-refractivity contribution in [3.63, 3.8) is 0 Å². The number of hydrogen-bond acceptors (Lipinski definition) is 3. The van der Waals surface area contributed by atoms with Gasteiger partial charge in [0.2, 0.25) is 0 Å². The van der Waals surface area contributed by atoms with E-state index >= 15 is 0 Å². The van der Waals surface area contributed by atoms with Crippen molar-refractivity contribution in [2.45, 2.75) is 39.7 Å². The number of carbonyl (C=O) groups is 1. The minimum atomic E-state index is -0.0336. The molecule has 1 saturated heterocycles. The van der Waals surface area contributed by atoms with Crippen LogP contribution in [0.4, 0.5) is 0 Å². The molecule has 2 heterocycles. The summed E-state index contributed by atoms with van der Waals surface area (Å²) < 4.78 is 5.52. The topological polar surface area (TPSA) is 59.5 Å². The lowest BCUT2D eigenvalue weighted by atomic mass is 9.79. The van der Waals surface area contributed by atoms with E-state index in [0.717, 1.165) is 18.6 Å². The third-order valence-corrected chi connectivity index (χ3v) is 3.82. The van der Waals surface area contributed by atoms with Crippen molar-refractivity contribution in [1.82, 2.24) is 4.90 Å². The zero-order chi connectivity index (χ0) is 13.3. The highest BCUT2D eigenvalue weighted by Crippen LogP contribution is 2.28. The molecule has 0 radical (unpaired) electrons. The fraction of sp³-hybridized carbons (Fsp3) is 0.643. The normalized spacial score (nSPS) is 23.1. The van der Waals surface area contributed by atoms with Gasteiger partial charge in [0.25, 0.3) is 5.91 Å². The number of amides is 1. The van der Waals surface area contributed by atoms with Crippen molar-refractivity contribution in [3.05, 3.63) is 23.7 Å². The highest BCUT2D eigenvalue weighted by atomic mass is 16.4. The first-order valence-electron chi connectivity index (χ1n) is 6.57. The smallest absolute Gasteiger partial charge is 0.289 e. The van der Waals surface area contributed by atoms with Crippen LogP contribution in [0.15, 0.2) is 16.5 Å². The van der Waals surface area contributed by atoms with E-state index in [1.54, 1.807) is 6.07 Å². The third kappa shape index (κ3) is 2.43. The molecule has 1 fully saturated rings. The van der Waals surface area contributed by atoms with Crippen molar-refractivity contribution in [3.8, 4) is 0 Å². The number of aryl methyl sites for hydroxylation is 1.